The summed E-state index contributed by atoms with van der Waals surface area (Å²) in [4.78, 5) is 19.9. The topological polar surface area (TPSA) is 66.4 Å². The van der Waals surface area contributed by atoms with Crippen LogP contribution in [0.5, 0.6) is 0 Å². The Bertz CT molecular complexity index is 366. The van der Waals surface area contributed by atoms with Gasteiger partial charge in [0, 0.05) is 54.1 Å². The lowest BCUT2D eigenvalue weighted by molar-refractivity contribution is -0.127. The van der Waals surface area contributed by atoms with Gasteiger partial charge in [-0.2, -0.15) is 0 Å². The van der Waals surface area contributed by atoms with Gasteiger partial charge in [-0.3, -0.25) is 4.79 Å². The maximum atomic E-state index is 11.7. The van der Waals surface area contributed by atoms with Gasteiger partial charge in [-0.05, 0) is 26.2 Å². The van der Waals surface area contributed by atoms with E-state index in [0.29, 0.717) is 6.10 Å². The lowest BCUT2D eigenvalue weighted by Crippen LogP contribution is -2.47. The summed E-state index contributed by atoms with van der Waals surface area (Å²) in [5.41, 5.74) is 0. The van der Waals surface area contributed by atoms with Crippen molar-refractivity contribution in [1.82, 2.24) is 15.1 Å². The fraction of sp³-hybridized carbons (Fsp3) is 0.875. The fourth-order valence-corrected chi connectivity index (χ4v) is 2.40. The summed E-state index contributed by atoms with van der Waals surface area (Å²) in [6.45, 7) is 6.31. The Kier molecular flexibility index (Phi) is 9.63. The molecule has 1 fully saturated rings. The third kappa shape index (κ3) is 7.65. The summed E-state index contributed by atoms with van der Waals surface area (Å²) in [7, 11) is 5.20. The first-order chi connectivity index (χ1) is 11.1. The first kappa shape index (κ1) is 19.7. The van der Waals surface area contributed by atoms with Gasteiger partial charge in [-0.1, -0.05) is 0 Å². The van der Waals surface area contributed by atoms with E-state index in [1.807, 2.05) is 6.92 Å². The van der Waals surface area contributed by atoms with E-state index in [-0.39, 0.29) is 12.5 Å². The largest absolute Gasteiger partial charge is 0.385 e. The van der Waals surface area contributed by atoms with Crippen molar-refractivity contribution >= 4 is 11.9 Å². The van der Waals surface area contributed by atoms with Crippen LogP contribution < -0.4 is 5.32 Å². The highest BCUT2D eigenvalue weighted by Crippen LogP contribution is 2.14. The van der Waals surface area contributed by atoms with Crippen LogP contribution in [-0.2, 0) is 14.3 Å². The molecule has 1 N–H and O–H groups in total. The van der Waals surface area contributed by atoms with Crippen molar-refractivity contribution in [3.05, 3.63) is 0 Å². The van der Waals surface area contributed by atoms with Crippen molar-refractivity contribution in [1.29, 1.82) is 0 Å². The first-order valence-electron chi connectivity index (χ1n) is 8.42. The molecule has 1 saturated heterocycles. The second-order valence-corrected chi connectivity index (χ2v) is 5.86. The number of nitrogens with zero attached hydrogens (tertiary/aromatic N) is 3. The number of methoxy groups -OCH3 is 1. The second kappa shape index (κ2) is 11.2. The van der Waals surface area contributed by atoms with Crippen LogP contribution in [0.4, 0.5) is 0 Å². The standard InChI is InChI=1S/C16H32N4O3/c1-5-17-16(18-13-15(21)19(2)3)20-9-7-14(8-10-20)23-12-6-11-22-4/h14H,5-13H2,1-4H3,(H,17,18). The summed E-state index contributed by atoms with van der Waals surface area (Å²) in [5.74, 6) is 0.831. The molecule has 7 heteroatoms. The molecule has 0 atom stereocenters. The van der Waals surface area contributed by atoms with Crippen LogP contribution in [0, 0.1) is 0 Å². The molecule has 0 aromatic heterocycles. The number of ether oxygens (including phenoxy) is 2. The summed E-state index contributed by atoms with van der Waals surface area (Å²) in [5, 5.41) is 3.27. The highest BCUT2D eigenvalue weighted by atomic mass is 16.5. The predicted octanol–water partition coefficient (Wildman–Crippen LogP) is 0.558. The van der Waals surface area contributed by atoms with Crippen LogP contribution in [0.25, 0.3) is 0 Å². The van der Waals surface area contributed by atoms with Crippen molar-refractivity contribution in [3.63, 3.8) is 0 Å². The van der Waals surface area contributed by atoms with Crippen LogP contribution in [0.15, 0.2) is 4.99 Å². The summed E-state index contributed by atoms with van der Waals surface area (Å²) in [6, 6.07) is 0. The van der Waals surface area contributed by atoms with Crippen molar-refractivity contribution in [3.8, 4) is 0 Å². The van der Waals surface area contributed by atoms with Crippen molar-refractivity contribution in [2.45, 2.75) is 32.3 Å². The highest BCUT2D eigenvalue weighted by Gasteiger charge is 2.22. The Morgan fingerprint density at radius 2 is 2.00 bits per heavy atom. The number of piperidine rings is 1. The van der Waals surface area contributed by atoms with Gasteiger partial charge in [0.15, 0.2) is 5.96 Å². The minimum absolute atomic E-state index is 0.0109. The van der Waals surface area contributed by atoms with Crippen molar-refractivity contribution in [2.75, 3.05) is 60.6 Å². The van der Waals surface area contributed by atoms with Gasteiger partial charge in [0.25, 0.3) is 0 Å². The van der Waals surface area contributed by atoms with E-state index in [1.165, 1.54) is 0 Å². The molecule has 1 rings (SSSR count). The Morgan fingerprint density at radius 3 is 2.57 bits per heavy atom. The normalized spacial score (nSPS) is 16.5. The molecule has 0 radical (unpaired) electrons. The summed E-state index contributed by atoms with van der Waals surface area (Å²) in [6.07, 6.45) is 3.22. The highest BCUT2D eigenvalue weighted by molar-refractivity contribution is 5.84. The number of carbonyl (C=O) groups is 1. The zero-order valence-corrected chi connectivity index (χ0v) is 15.0. The number of hydrogen-bond acceptors (Lipinski definition) is 4. The smallest absolute Gasteiger partial charge is 0.243 e. The van der Waals surface area contributed by atoms with E-state index in [9.17, 15) is 4.79 Å². The summed E-state index contributed by atoms with van der Waals surface area (Å²) >= 11 is 0. The van der Waals surface area contributed by atoms with Crippen molar-refractivity contribution < 1.29 is 14.3 Å². The molecule has 134 valence electrons. The molecular formula is C16H32N4O3. The van der Waals surface area contributed by atoms with E-state index in [2.05, 4.69) is 15.2 Å². The predicted molar refractivity (Wildman–Crippen MR) is 91.7 cm³/mol. The third-order valence-corrected chi connectivity index (χ3v) is 3.79. The number of guanidine groups is 1. The number of amides is 1. The maximum Gasteiger partial charge on any atom is 0.243 e. The van der Waals surface area contributed by atoms with Crippen LogP contribution >= 0.6 is 0 Å². The van der Waals surface area contributed by atoms with E-state index in [4.69, 9.17) is 9.47 Å². The molecule has 23 heavy (non-hydrogen) atoms. The average Bonchev–Trinajstić information content (AvgIpc) is 2.55. The molecule has 0 aromatic carbocycles. The molecule has 1 aliphatic rings. The molecular weight excluding hydrogens is 296 g/mol. The van der Waals surface area contributed by atoms with Crippen LogP contribution in [0.2, 0.25) is 0 Å². The van der Waals surface area contributed by atoms with Gasteiger partial charge < -0.3 is 24.6 Å². The fourth-order valence-electron chi connectivity index (χ4n) is 2.40. The number of likely N-dealkylation sites (N-methyl/N-ethyl adjacent to an activating group) is 1. The molecule has 0 saturated carbocycles. The number of likely N-dealkylation sites (tertiary alicyclic amines) is 1. The lowest BCUT2D eigenvalue weighted by Gasteiger charge is -2.34. The summed E-state index contributed by atoms with van der Waals surface area (Å²) < 4.78 is 10.9. The molecule has 1 heterocycles. The van der Waals surface area contributed by atoms with Gasteiger partial charge in [0.1, 0.15) is 6.54 Å². The van der Waals surface area contributed by atoms with E-state index >= 15 is 0 Å². The number of rotatable bonds is 8. The minimum atomic E-state index is 0.0109. The molecule has 1 aliphatic heterocycles. The van der Waals surface area contributed by atoms with Crippen molar-refractivity contribution in [2.24, 2.45) is 4.99 Å². The Morgan fingerprint density at radius 1 is 1.30 bits per heavy atom. The average molecular weight is 328 g/mol. The Balaban J connectivity index is 2.41. The minimum Gasteiger partial charge on any atom is -0.385 e. The van der Waals surface area contributed by atoms with Crippen LogP contribution in [0.1, 0.15) is 26.2 Å². The maximum absolute atomic E-state index is 11.7. The first-order valence-corrected chi connectivity index (χ1v) is 8.42. The van der Waals surface area contributed by atoms with Gasteiger partial charge in [0.05, 0.1) is 6.10 Å². The van der Waals surface area contributed by atoms with E-state index in [1.54, 1.807) is 26.1 Å². The van der Waals surface area contributed by atoms with Gasteiger partial charge in [-0.25, -0.2) is 4.99 Å². The molecule has 0 spiro atoms. The van der Waals surface area contributed by atoms with E-state index < -0.39 is 0 Å². The molecule has 0 aliphatic carbocycles. The molecule has 0 bridgehead atoms. The van der Waals surface area contributed by atoms with Gasteiger partial charge in [0.2, 0.25) is 5.91 Å². The SMILES string of the molecule is CCNC(=NCC(=O)N(C)C)N1CCC(OCCCOC)CC1. The van der Waals surface area contributed by atoms with Crippen LogP contribution in [0.3, 0.4) is 0 Å². The zero-order chi connectivity index (χ0) is 17.1. The molecule has 0 aromatic rings. The van der Waals surface area contributed by atoms with Crippen LogP contribution in [-0.4, -0.2) is 88.4 Å². The van der Waals surface area contributed by atoms with E-state index in [0.717, 1.165) is 58.1 Å². The van der Waals surface area contributed by atoms with Gasteiger partial charge >= 0.3 is 0 Å². The lowest BCUT2D eigenvalue weighted by atomic mass is 10.1. The number of aliphatic imine (C=N–C) groups is 1. The van der Waals surface area contributed by atoms with Gasteiger partial charge in [-0.15, -0.1) is 0 Å². The number of carbonyl (C=O) groups excluding carboxylic acids is 1. The molecule has 0 unspecified atom stereocenters. The molecule has 7 nitrogen and oxygen atoms in total. The third-order valence-electron chi connectivity index (χ3n) is 3.79. The number of hydrogen-bond donors (Lipinski definition) is 1. The second-order valence-electron chi connectivity index (χ2n) is 5.86. The molecule has 1 amide bonds. The Labute approximate surface area is 140 Å². The Hall–Kier alpha value is -1.34. The number of nitrogens with one attached hydrogen (secondary N) is 1. The quantitative estimate of drug-likeness (QED) is 0.401. The monoisotopic (exact) mass is 328 g/mol. The zero-order valence-electron chi connectivity index (χ0n) is 15.0.